The lowest BCUT2D eigenvalue weighted by Crippen LogP contribution is -2.54. The maximum Gasteiger partial charge on any atom is 0.264 e. The zero-order chi connectivity index (χ0) is 29.9. The number of hydrazone groups is 1. The number of hydrogen-bond donors (Lipinski definition) is 3. The van der Waals surface area contributed by atoms with E-state index in [4.69, 9.17) is 14.9 Å². The average Bonchev–Trinajstić information content (AvgIpc) is 3.56. The fraction of sp³-hybridized carbons (Fsp3) is 0.387. The maximum absolute atomic E-state index is 15.6. The van der Waals surface area contributed by atoms with Gasteiger partial charge in [0.2, 0.25) is 0 Å². The van der Waals surface area contributed by atoms with Gasteiger partial charge in [-0.15, -0.1) is 0 Å². The highest BCUT2D eigenvalue weighted by atomic mass is 19.1. The molecular formula is C31H33FN6O4. The largest absolute Gasteiger partial charge is 0.457 e. The number of hydrogen-bond acceptors (Lipinski definition) is 9. The van der Waals surface area contributed by atoms with Crippen LogP contribution < -0.4 is 15.5 Å². The molecule has 2 aromatic rings. The molecule has 10 nitrogen and oxygen atoms in total. The van der Waals surface area contributed by atoms with E-state index in [1.54, 1.807) is 30.3 Å². The molecule has 0 radical (unpaired) electrons. The number of nitrogens with one attached hydrogen (secondary N) is 3. The fourth-order valence-electron chi connectivity index (χ4n) is 5.63. The molecule has 218 valence electrons. The lowest BCUT2D eigenvalue weighted by atomic mass is 9.79. The SMILES string of the molecule is CC(C)(C=C(C#N)C(=O)N1CCC[C@@H]1CC(=O)C1(c2ccc(Oc3ccccc3)cc2F)NN=CC1=N)NC1COC1. The van der Waals surface area contributed by atoms with Crippen LogP contribution in [-0.4, -0.2) is 65.9 Å². The first-order valence-electron chi connectivity index (χ1n) is 13.9. The van der Waals surface area contributed by atoms with E-state index in [0.29, 0.717) is 38.3 Å². The lowest BCUT2D eigenvalue weighted by molar-refractivity contribution is -0.129. The minimum atomic E-state index is -1.85. The van der Waals surface area contributed by atoms with Gasteiger partial charge in [-0.2, -0.15) is 10.4 Å². The molecule has 3 aliphatic heterocycles. The quantitative estimate of drug-likeness (QED) is 0.292. The van der Waals surface area contributed by atoms with Crippen LogP contribution in [0.4, 0.5) is 4.39 Å². The second-order valence-electron chi connectivity index (χ2n) is 11.3. The first-order valence-corrected chi connectivity index (χ1v) is 13.9. The van der Waals surface area contributed by atoms with E-state index >= 15 is 4.39 Å². The zero-order valence-electron chi connectivity index (χ0n) is 23.5. The first-order chi connectivity index (χ1) is 20.1. The molecule has 11 heteroatoms. The third-order valence-corrected chi connectivity index (χ3v) is 7.70. The Morgan fingerprint density at radius 1 is 1.29 bits per heavy atom. The number of carbonyl (C=O) groups excluding carboxylic acids is 2. The van der Waals surface area contributed by atoms with E-state index in [2.05, 4.69) is 15.8 Å². The number of benzene rings is 2. The molecule has 0 spiro atoms. The summed E-state index contributed by atoms with van der Waals surface area (Å²) in [6, 6.07) is 14.7. The van der Waals surface area contributed by atoms with Gasteiger partial charge in [-0.05, 0) is 57.0 Å². The molecule has 1 amide bonds. The van der Waals surface area contributed by atoms with E-state index in [1.165, 1.54) is 29.3 Å². The van der Waals surface area contributed by atoms with Gasteiger partial charge < -0.3 is 25.1 Å². The summed E-state index contributed by atoms with van der Waals surface area (Å²) in [5, 5.41) is 25.7. The van der Waals surface area contributed by atoms with Crippen LogP contribution in [0.25, 0.3) is 0 Å². The number of ketones is 1. The molecule has 2 fully saturated rings. The average molecular weight is 573 g/mol. The monoisotopic (exact) mass is 572 g/mol. The van der Waals surface area contributed by atoms with Gasteiger partial charge in [-0.1, -0.05) is 18.2 Å². The van der Waals surface area contributed by atoms with Gasteiger partial charge in [0.15, 0.2) is 11.3 Å². The molecule has 1 unspecified atom stereocenters. The number of ether oxygens (including phenoxy) is 2. The second kappa shape index (κ2) is 11.8. The highest BCUT2D eigenvalue weighted by Crippen LogP contribution is 2.35. The molecule has 0 saturated carbocycles. The molecule has 2 aromatic carbocycles. The van der Waals surface area contributed by atoms with Gasteiger partial charge in [0, 0.05) is 36.2 Å². The summed E-state index contributed by atoms with van der Waals surface area (Å²) in [4.78, 5) is 29.0. The highest BCUT2D eigenvalue weighted by molar-refractivity contribution is 6.40. The van der Waals surface area contributed by atoms with Crippen molar-refractivity contribution in [3.05, 3.63) is 71.6 Å². The van der Waals surface area contributed by atoms with Crippen molar-refractivity contribution in [2.24, 2.45) is 5.10 Å². The van der Waals surface area contributed by atoms with Crippen LogP contribution in [0.5, 0.6) is 11.5 Å². The van der Waals surface area contributed by atoms with Crippen LogP contribution >= 0.6 is 0 Å². The molecule has 0 bridgehead atoms. The van der Waals surface area contributed by atoms with Crippen molar-refractivity contribution in [3.63, 3.8) is 0 Å². The number of carbonyl (C=O) groups is 2. The van der Waals surface area contributed by atoms with Crippen LogP contribution in [0.2, 0.25) is 0 Å². The summed E-state index contributed by atoms with van der Waals surface area (Å²) in [5.74, 6) is -0.930. The Morgan fingerprint density at radius 3 is 2.67 bits per heavy atom. The number of nitriles is 1. The molecule has 2 saturated heterocycles. The number of Topliss-reactive ketones (excluding diaryl/α,β-unsaturated/α-hetero) is 1. The standard InChI is InChI=1S/C31H33FN6O4/c1-30(2,36-21-18-41-19-21)15-20(16-33)29(40)38-12-6-7-22(38)13-28(39)31(27(34)17-35-37-31)25-11-10-24(14-26(25)32)42-23-8-4-3-5-9-23/h3-5,8-11,14-15,17,21-22,34,36-37H,6-7,12-13,18-19H2,1-2H3/t22-,31?/m1/s1. The Kier molecular flexibility index (Phi) is 8.20. The predicted octanol–water partition coefficient (Wildman–Crippen LogP) is 3.59. The number of halogens is 1. The van der Waals surface area contributed by atoms with E-state index in [-0.39, 0.29) is 35.1 Å². The van der Waals surface area contributed by atoms with E-state index < -0.39 is 34.6 Å². The molecule has 42 heavy (non-hydrogen) atoms. The van der Waals surface area contributed by atoms with Gasteiger partial charge in [-0.3, -0.25) is 15.0 Å². The number of rotatable bonds is 10. The molecule has 0 aliphatic carbocycles. The minimum Gasteiger partial charge on any atom is -0.457 e. The van der Waals surface area contributed by atoms with E-state index in [9.17, 15) is 14.9 Å². The molecule has 0 aromatic heterocycles. The van der Waals surface area contributed by atoms with Crippen molar-refractivity contribution in [3.8, 4) is 17.6 Å². The number of amides is 1. The van der Waals surface area contributed by atoms with Crippen molar-refractivity contribution in [1.29, 1.82) is 10.7 Å². The molecule has 3 N–H and O–H groups in total. The smallest absolute Gasteiger partial charge is 0.264 e. The summed E-state index contributed by atoms with van der Waals surface area (Å²) in [6.07, 6.45) is 3.84. The third-order valence-electron chi connectivity index (χ3n) is 7.70. The van der Waals surface area contributed by atoms with Crippen molar-refractivity contribution < 1.29 is 23.5 Å². The van der Waals surface area contributed by atoms with E-state index in [0.717, 1.165) is 0 Å². The van der Waals surface area contributed by atoms with Gasteiger partial charge in [0.1, 0.15) is 29.0 Å². The maximum atomic E-state index is 15.6. The molecule has 3 heterocycles. The topological polar surface area (TPSA) is 140 Å². The second-order valence-corrected chi connectivity index (χ2v) is 11.3. The summed E-state index contributed by atoms with van der Waals surface area (Å²) in [6.45, 7) is 5.29. The lowest BCUT2D eigenvalue weighted by Gasteiger charge is -2.35. The summed E-state index contributed by atoms with van der Waals surface area (Å²) < 4.78 is 26.5. The van der Waals surface area contributed by atoms with Crippen molar-refractivity contribution in [1.82, 2.24) is 15.6 Å². The van der Waals surface area contributed by atoms with Crippen molar-refractivity contribution in [2.75, 3.05) is 19.8 Å². The molecule has 5 rings (SSSR count). The van der Waals surface area contributed by atoms with Crippen LogP contribution in [0, 0.1) is 22.6 Å². The Morgan fingerprint density at radius 2 is 2.05 bits per heavy atom. The van der Waals surface area contributed by atoms with Gasteiger partial charge in [0.25, 0.3) is 5.91 Å². The Balaban J connectivity index is 1.35. The van der Waals surface area contributed by atoms with Gasteiger partial charge in [0.05, 0.1) is 31.2 Å². The van der Waals surface area contributed by atoms with Crippen LogP contribution in [-0.2, 0) is 19.9 Å². The van der Waals surface area contributed by atoms with Crippen LogP contribution in [0.3, 0.4) is 0 Å². The Labute approximate surface area is 243 Å². The minimum absolute atomic E-state index is 0.0167. The Bertz CT molecular complexity index is 1480. The number of nitrogens with zero attached hydrogens (tertiary/aromatic N) is 3. The molecule has 2 atom stereocenters. The predicted molar refractivity (Wildman–Crippen MR) is 154 cm³/mol. The van der Waals surface area contributed by atoms with Crippen molar-refractivity contribution >= 4 is 23.6 Å². The van der Waals surface area contributed by atoms with E-state index in [1.807, 2.05) is 26.0 Å². The van der Waals surface area contributed by atoms with Crippen LogP contribution in [0.15, 0.2) is 65.3 Å². The molecular weight excluding hydrogens is 539 g/mol. The number of likely N-dealkylation sites (tertiary alicyclic amines) is 1. The fourth-order valence-corrected chi connectivity index (χ4v) is 5.63. The highest BCUT2D eigenvalue weighted by Gasteiger charge is 2.49. The normalized spacial score (nSPS) is 22.4. The summed E-state index contributed by atoms with van der Waals surface area (Å²) in [5.41, 5.74) is -0.0691. The third kappa shape index (κ3) is 5.82. The Hall–Kier alpha value is -4.40. The van der Waals surface area contributed by atoms with Crippen LogP contribution in [0.1, 0.15) is 38.7 Å². The molecule has 3 aliphatic rings. The van der Waals surface area contributed by atoms with Crippen molar-refractivity contribution in [2.45, 2.75) is 56.3 Å². The number of para-hydroxylation sites is 1. The first kappa shape index (κ1) is 29.1. The summed E-state index contributed by atoms with van der Waals surface area (Å²) in [7, 11) is 0. The summed E-state index contributed by atoms with van der Waals surface area (Å²) >= 11 is 0. The van der Waals surface area contributed by atoms with Gasteiger partial charge in [-0.25, -0.2) is 4.39 Å². The van der Waals surface area contributed by atoms with Gasteiger partial charge >= 0.3 is 0 Å². The zero-order valence-corrected chi connectivity index (χ0v) is 23.5.